The van der Waals surface area contributed by atoms with Gasteiger partial charge in [0.05, 0.1) is 12.2 Å². The van der Waals surface area contributed by atoms with Crippen LogP contribution < -0.4 is 5.32 Å². The summed E-state index contributed by atoms with van der Waals surface area (Å²) in [6.07, 6.45) is 1.89. The van der Waals surface area contributed by atoms with Crippen LogP contribution in [0.2, 0.25) is 5.15 Å². The Morgan fingerprint density at radius 1 is 1.10 bits per heavy atom. The SMILES string of the molecule is Cc1nn(Cc2ccccc2)c(Cl)c1/C=C/C(=O)OC(C)C(=O)NCc1ccccc1. The number of ether oxygens (including phenoxy) is 1. The number of nitrogens with one attached hydrogen (secondary N) is 1. The average Bonchev–Trinajstić information content (AvgIpc) is 3.04. The Kier molecular flexibility index (Phi) is 7.62. The van der Waals surface area contributed by atoms with Crippen molar-refractivity contribution < 1.29 is 14.3 Å². The van der Waals surface area contributed by atoms with E-state index in [-0.39, 0.29) is 5.91 Å². The molecule has 0 saturated heterocycles. The number of carbonyl (C=O) groups is 2. The van der Waals surface area contributed by atoms with Gasteiger partial charge in [-0.05, 0) is 31.1 Å². The van der Waals surface area contributed by atoms with Crippen molar-refractivity contribution in [2.45, 2.75) is 33.0 Å². The van der Waals surface area contributed by atoms with Crippen LogP contribution in [0, 0.1) is 6.92 Å². The molecule has 7 heteroatoms. The molecule has 1 N–H and O–H groups in total. The van der Waals surface area contributed by atoms with Gasteiger partial charge >= 0.3 is 5.97 Å². The number of rotatable bonds is 8. The first-order chi connectivity index (χ1) is 14.9. The van der Waals surface area contributed by atoms with Crippen molar-refractivity contribution in [1.82, 2.24) is 15.1 Å². The molecule has 160 valence electrons. The summed E-state index contributed by atoms with van der Waals surface area (Å²) >= 11 is 6.45. The maximum Gasteiger partial charge on any atom is 0.331 e. The average molecular weight is 438 g/mol. The minimum atomic E-state index is -0.918. The molecule has 0 radical (unpaired) electrons. The van der Waals surface area contributed by atoms with Gasteiger partial charge in [-0.1, -0.05) is 72.3 Å². The number of hydrogen-bond donors (Lipinski definition) is 1. The fraction of sp³-hybridized carbons (Fsp3) is 0.208. The van der Waals surface area contributed by atoms with E-state index in [1.54, 1.807) is 10.8 Å². The zero-order chi connectivity index (χ0) is 22.2. The fourth-order valence-corrected chi connectivity index (χ4v) is 3.26. The topological polar surface area (TPSA) is 73.2 Å². The molecule has 0 aliphatic heterocycles. The molecule has 0 bridgehead atoms. The van der Waals surface area contributed by atoms with Crippen molar-refractivity contribution in [3.8, 4) is 0 Å². The quantitative estimate of drug-likeness (QED) is 0.424. The van der Waals surface area contributed by atoms with Gasteiger partial charge in [-0.25, -0.2) is 9.48 Å². The number of benzene rings is 2. The molecule has 1 atom stereocenters. The molecule has 1 unspecified atom stereocenters. The van der Waals surface area contributed by atoms with Gasteiger partial charge < -0.3 is 10.1 Å². The highest BCUT2D eigenvalue weighted by Gasteiger charge is 2.17. The summed E-state index contributed by atoms with van der Waals surface area (Å²) in [5, 5.41) is 7.62. The lowest BCUT2D eigenvalue weighted by atomic mass is 10.2. The zero-order valence-corrected chi connectivity index (χ0v) is 18.2. The number of aryl methyl sites for hydroxylation is 1. The normalized spacial score (nSPS) is 12.0. The van der Waals surface area contributed by atoms with E-state index in [2.05, 4.69) is 10.4 Å². The summed E-state index contributed by atoms with van der Waals surface area (Å²) in [7, 11) is 0. The number of esters is 1. The van der Waals surface area contributed by atoms with Crippen molar-refractivity contribution in [1.29, 1.82) is 0 Å². The summed E-state index contributed by atoms with van der Waals surface area (Å²) in [5.74, 6) is -0.996. The van der Waals surface area contributed by atoms with Crippen LogP contribution in [0.25, 0.3) is 6.08 Å². The van der Waals surface area contributed by atoms with Crippen molar-refractivity contribution in [3.63, 3.8) is 0 Å². The summed E-state index contributed by atoms with van der Waals surface area (Å²) < 4.78 is 6.87. The highest BCUT2D eigenvalue weighted by molar-refractivity contribution is 6.31. The zero-order valence-electron chi connectivity index (χ0n) is 17.4. The number of aromatic nitrogens is 2. The maximum absolute atomic E-state index is 12.2. The second-order valence-electron chi connectivity index (χ2n) is 7.05. The van der Waals surface area contributed by atoms with Crippen molar-refractivity contribution in [2.75, 3.05) is 0 Å². The van der Waals surface area contributed by atoms with Gasteiger partial charge in [-0.2, -0.15) is 5.10 Å². The predicted molar refractivity (Wildman–Crippen MR) is 120 cm³/mol. The molecular weight excluding hydrogens is 414 g/mol. The lowest BCUT2D eigenvalue weighted by Crippen LogP contribution is -2.35. The van der Waals surface area contributed by atoms with Gasteiger partial charge in [-0.3, -0.25) is 4.79 Å². The van der Waals surface area contributed by atoms with E-state index in [1.807, 2.05) is 67.6 Å². The molecule has 1 amide bonds. The third-order valence-electron chi connectivity index (χ3n) is 4.64. The van der Waals surface area contributed by atoms with E-state index in [9.17, 15) is 9.59 Å². The third kappa shape index (κ3) is 6.30. The van der Waals surface area contributed by atoms with Gasteiger partial charge in [0.1, 0.15) is 5.15 Å². The second-order valence-corrected chi connectivity index (χ2v) is 7.41. The molecule has 0 saturated carbocycles. The minimum absolute atomic E-state index is 0.365. The van der Waals surface area contributed by atoms with Crippen molar-refractivity contribution >= 4 is 29.6 Å². The van der Waals surface area contributed by atoms with Crippen LogP contribution in [0.1, 0.15) is 29.3 Å². The third-order valence-corrected chi connectivity index (χ3v) is 5.04. The van der Waals surface area contributed by atoms with Crippen LogP contribution in [0.3, 0.4) is 0 Å². The Morgan fingerprint density at radius 3 is 2.35 bits per heavy atom. The van der Waals surface area contributed by atoms with E-state index in [0.29, 0.717) is 29.5 Å². The van der Waals surface area contributed by atoms with E-state index in [0.717, 1.165) is 11.1 Å². The van der Waals surface area contributed by atoms with Gasteiger partial charge in [0.25, 0.3) is 5.91 Å². The highest BCUT2D eigenvalue weighted by Crippen LogP contribution is 2.22. The predicted octanol–water partition coefficient (Wildman–Crippen LogP) is 4.15. The summed E-state index contributed by atoms with van der Waals surface area (Å²) in [6.45, 7) is 4.24. The summed E-state index contributed by atoms with van der Waals surface area (Å²) in [5.41, 5.74) is 3.36. The molecule has 1 heterocycles. The Morgan fingerprint density at radius 2 is 1.71 bits per heavy atom. The first-order valence-corrected chi connectivity index (χ1v) is 10.3. The van der Waals surface area contributed by atoms with Crippen LogP contribution in [0.4, 0.5) is 0 Å². The van der Waals surface area contributed by atoms with Crippen LogP contribution in [0.15, 0.2) is 66.7 Å². The fourth-order valence-electron chi connectivity index (χ4n) is 2.96. The summed E-state index contributed by atoms with van der Waals surface area (Å²) in [6, 6.07) is 19.3. The number of carbonyl (C=O) groups excluding carboxylic acids is 2. The number of nitrogens with zero attached hydrogens (tertiary/aromatic N) is 2. The molecule has 0 spiro atoms. The van der Waals surface area contributed by atoms with Crippen LogP contribution in [-0.2, 0) is 27.4 Å². The Balaban J connectivity index is 1.56. The van der Waals surface area contributed by atoms with Crippen LogP contribution in [-0.4, -0.2) is 27.8 Å². The largest absolute Gasteiger partial charge is 0.449 e. The first-order valence-electron chi connectivity index (χ1n) is 9.91. The maximum atomic E-state index is 12.2. The van der Waals surface area contributed by atoms with Gasteiger partial charge in [-0.15, -0.1) is 0 Å². The van der Waals surface area contributed by atoms with Gasteiger partial charge in [0.2, 0.25) is 0 Å². The number of hydrogen-bond acceptors (Lipinski definition) is 4. The molecule has 2 aromatic carbocycles. The smallest absolute Gasteiger partial charge is 0.331 e. The highest BCUT2D eigenvalue weighted by atomic mass is 35.5. The molecule has 31 heavy (non-hydrogen) atoms. The Bertz CT molecular complexity index is 1060. The molecule has 0 aliphatic carbocycles. The van der Waals surface area contributed by atoms with E-state index in [4.69, 9.17) is 16.3 Å². The molecule has 1 aromatic heterocycles. The lowest BCUT2D eigenvalue weighted by Gasteiger charge is -2.12. The van der Waals surface area contributed by atoms with Gasteiger partial charge in [0, 0.05) is 18.2 Å². The van der Waals surface area contributed by atoms with Crippen LogP contribution >= 0.6 is 11.6 Å². The van der Waals surface area contributed by atoms with E-state index in [1.165, 1.54) is 13.0 Å². The standard InChI is InChI=1S/C24H24ClN3O3/c1-17-21(23(25)28(27-17)16-20-11-7-4-8-12-20)13-14-22(29)31-18(2)24(30)26-15-19-9-5-3-6-10-19/h3-14,18H,15-16H2,1-2H3,(H,26,30)/b14-13+. The minimum Gasteiger partial charge on any atom is -0.449 e. The molecule has 6 nitrogen and oxygen atoms in total. The van der Waals surface area contributed by atoms with E-state index >= 15 is 0 Å². The van der Waals surface area contributed by atoms with E-state index < -0.39 is 12.1 Å². The molecule has 3 aromatic rings. The van der Waals surface area contributed by atoms with Gasteiger partial charge in [0.15, 0.2) is 6.10 Å². The van der Waals surface area contributed by atoms with Crippen molar-refractivity contribution in [3.05, 3.63) is 94.3 Å². The number of amides is 1. The molecular formula is C24H24ClN3O3. The first kappa shape index (κ1) is 22.3. The Labute approximate surface area is 186 Å². The van der Waals surface area contributed by atoms with Crippen LogP contribution in [0.5, 0.6) is 0 Å². The lowest BCUT2D eigenvalue weighted by molar-refractivity contribution is -0.150. The summed E-state index contributed by atoms with van der Waals surface area (Å²) in [4.78, 5) is 24.3. The molecule has 0 fully saturated rings. The molecule has 3 rings (SSSR count). The van der Waals surface area contributed by atoms with Crippen molar-refractivity contribution in [2.24, 2.45) is 0 Å². The number of halogens is 1. The second kappa shape index (κ2) is 10.6. The Hall–Kier alpha value is -3.38. The monoisotopic (exact) mass is 437 g/mol. The molecule has 0 aliphatic rings.